The Labute approximate surface area is 515 Å². The fraction of sp³-hybridized carbons (Fsp3) is 0.678. The van der Waals surface area contributed by atoms with E-state index in [-0.39, 0.29) is 82.4 Å². The van der Waals surface area contributed by atoms with Gasteiger partial charge in [0, 0.05) is 52.2 Å². The highest BCUT2D eigenvalue weighted by Crippen LogP contribution is 2.12. The lowest BCUT2D eigenvalue weighted by molar-refractivity contribution is -0.139. The normalized spacial score (nSPS) is 13.6. The van der Waals surface area contributed by atoms with Gasteiger partial charge in [0.05, 0.1) is 25.9 Å². The zero-order chi connectivity index (χ0) is 65.8. The summed E-state index contributed by atoms with van der Waals surface area (Å²) < 4.78 is 0. The predicted octanol–water partition coefficient (Wildman–Crippen LogP) is -1.27. The van der Waals surface area contributed by atoms with E-state index in [0.29, 0.717) is 31.2 Å². The number of aliphatic hydroxyl groups is 3. The van der Waals surface area contributed by atoms with Crippen LogP contribution in [0.25, 0.3) is 0 Å². The molecular weight excluding hydrogens is 1150 g/mol. The fourth-order valence-electron chi connectivity index (χ4n) is 8.97. The highest BCUT2D eigenvalue weighted by atomic mass is 16.4. The number of nitrogens with one attached hydrogen (secondary N) is 12. The monoisotopic (exact) mass is 1250 g/mol. The number of ketones is 1. The Morgan fingerprint density at radius 3 is 1.31 bits per heavy atom. The largest absolute Gasteiger partial charge is 0.481 e. The van der Waals surface area contributed by atoms with Crippen molar-refractivity contribution in [1.29, 1.82) is 5.41 Å². The number of nitrogens with two attached hydrogens (primary N) is 1. The highest BCUT2D eigenvalue weighted by Gasteiger charge is 2.35. The number of unbranched alkanes of at least 4 members (excludes halogenated alkanes) is 10. The van der Waals surface area contributed by atoms with Crippen molar-refractivity contribution in [3.05, 3.63) is 35.9 Å². The van der Waals surface area contributed by atoms with E-state index in [2.05, 4.69) is 65.4 Å². The van der Waals surface area contributed by atoms with Crippen LogP contribution in [0.1, 0.15) is 168 Å². The number of carboxylic acid groups (broad SMARTS) is 1. The molecule has 496 valence electrons. The molecule has 0 fully saturated rings. The first-order chi connectivity index (χ1) is 42.0. The number of aliphatic carboxylic acids is 1. The zero-order valence-corrected chi connectivity index (χ0v) is 51.6. The number of hydrogen-bond acceptors (Lipinski definition) is 16. The molecule has 0 aliphatic rings. The molecule has 2 unspecified atom stereocenters. The first-order valence-electron chi connectivity index (χ1n) is 30.6. The van der Waals surface area contributed by atoms with Crippen molar-refractivity contribution in [2.24, 2.45) is 5.73 Å². The summed E-state index contributed by atoms with van der Waals surface area (Å²) in [6.45, 7) is 3.86. The molecule has 8 atom stereocenters. The van der Waals surface area contributed by atoms with Crippen LogP contribution in [-0.2, 0) is 64.0 Å². The lowest BCUT2D eigenvalue weighted by Crippen LogP contribution is -2.61. The molecule has 1 rings (SSSR count). The van der Waals surface area contributed by atoms with Crippen LogP contribution < -0.4 is 64.2 Å². The van der Waals surface area contributed by atoms with E-state index in [0.717, 1.165) is 32.6 Å². The Balaban J connectivity index is 3.18. The van der Waals surface area contributed by atoms with E-state index in [1.807, 2.05) is 0 Å². The molecule has 29 nitrogen and oxygen atoms in total. The van der Waals surface area contributed by atoms with Crippen molar-refractivity contribution >= 4 is 76.8 Å². The molecule has 0 saturated heterocycles. The number of carboxylic acids is 1. The maximum atomic E-state index is 14.0. The number of carbonyl (C=O) groups excluding carboxylic acids is 11. The topological polar surface area (TPSA) is 468 Å². The van der Waals surface area contributed by atoms with Crippen molar-refractivity contribution in [1.82, 2.24) is 58.5 Å². The van der Waals surface area contributed by atoms with Gasteiger partial charge >= 0.3 is 5.97 Å². The maximum Gasteiger partial charge on any atom is 0.303 e. The fourth-order valence-corrected chi connectivity index (χ4v) is 8.97. The number of aliphatic hydroxyl groups excluding tert-OH is 3. The molecule has 0 heterocycles. The summed E-state index contributed by atoms with van der Waals surface area (Å²) in [7, 11) is 0. The Morgan fingerprint density at radius 1 is 0.420 bits per heavy atom. The van der Waals surface area contributed by atoms with Crippen LogP contribution in [0.2, 0.25) is 0 Å². The molecule has 88 heavy (non-hydrogen) atoms. The van der Waals surface area contributed by atoms with Crippen molar-refractivity contribution in [2.45, 2.75) is 217 Å². The molecule has 0 radical (unpaired) electrons. The SMILES string of the molecule is CCCCCCCCCCCC(=O)NCCC(=O)NCCCCC(NC(=O)[C@H](CO)NC(C)=O)C(=O)N[C@@H](CO)C(=O)N[C@@H](CCCC)C(=O)N[C@@H](CCC(=O)O)C(=O)NC(CO)C(=O)N[C@H](Cc1ccccc1)C(=O)N[C@@H](CCCNC(=N)N)C(C)=O. The van der Waals surface area contributed by atoms with Gasteiger partial charge in [-0.25, -0.2) is 0 Å². The summed E-state index contributed by atoms with van der Waals surface area (Å²) in [5.41, 5.74) is 5.91. The Morgan fingerprint density at radius 2 is 0.818 bits per heavy atom. The summed E-state index contributed by atoms with van der Waals surface area (Å²) in [6, 6.07) is -3.66. The van der Waals surface area contributed by atoms with Crippen LogP contribution >= 0.6 is 0 Å². The number of benzene rings is 1. The molecule has 0 spiro atoms. The van der Waals surface area contributed by atoms with Crippen LogP contribution in [0.4, 0.5) is 0 Å². The number of rotatable bonds is 49. The molecule has 0 saturated carbocycles. The van der Waals surface area contributed by atoms with Gasteiger partial charge in [0.1, 0.15) is 42.3 Å². The first kappa shape index (κ1) is 78.2. The third kappa shape index (κ3) is 35.1. The van der Waals surface area contributed by atoms with Gasteiger partial charge < -0.3 is 84.6 Å². The van der Waals surface area contributed by atoms with Gasteiger partial charge in [-0.2, -0.15) is 0 Å². The van der Waals surface area contributed by atoms with E-state index >= 15 is 0 Å². The van der Waals surface area contributed by atoms with Crippen molar-refractivity contribution in [3.63, 3.8) is 0 Å². The van der Waals surface area contributed by atoms with Crippen molar-refractivity contribution < 1.29 is 78.0 Å². The molecular formula is C59H99N13O16. The summed E-state index contributed by atoms with van der Waals surface area (Å²) in [5, 5.41) is 74.9. The van der Waals surface area contributed by atoms with Crippen molar-refractivity contribution in [2.75, 3.05) is 39.5 Å². The number of hydrogen-bond donors (Lipinski definition) is 17. The standard InChI is InChI=1S/C59H99N13O16/c1-5-7-9-10-11-12-13-14-18-27-49(78)63-33-30-50(79)62-31-20-19-25-43(68-56(86)46(35-73)65-39(4)77)53(83)71-47(36-74)57(87)67-42(24-8-6-2)52(82)69-44(28-29-51(80)81)54(84)72-48(37-75)58(88)70-45(34-40-22-16-15-17-23-40)55(85)66-41(38(3)76)26-21-32-64-59(60)61/h15-17,22-23,41-48,73-75H,5-14,18-21,24-37H2,1-4H3,(H,62,79)(H,63,78)(H,65,77)(H,66,85)(H,67,87)(H,68,86)(H,69,82)(H,70,88)(H,71,83)(H,72,84)(H,80,81)(H4,60,61,64)/t41-,42-,43?,44-,45+,46-,47-,48?/m0/s1. The minimum absolute atomic E-state index is 0.0203. The van der Waals surface area contributed by atoms with Gasteiger partial charge in [0.2, 0.25) is 59.1 Å². The minimum Gasteiger partial charge on any atom is -0.481 e. The average Bonchev–Trinajstić information content (AvgIpc) is 3.67. The Kier molecular flexibility index (Phi) is 41.2. The molecule has 0 aliphatic carbocycles. The molecule has 29 heteroatoms. The Bertz CT molecular complexity index is 2370. The molecule has 1 aromatic rings. The van der Waals surface area contributed by atoms with Crippen LogP contribution in [0.5, 0.6) is 0 Å². The third-order valence-electron chi connectivity index (χ3n) is 14.0. The van der Waals surface area contributed by atoms with Gasteiger partial charge in [-0.1, -0.05) is 108 Å². The number of guanidine groups is 1. The average molecular weight is 1250 g/mol. The van der Waals surface area contributed by atoms with Crippen molar-refractivity contribution in [3.8, 4) is 0 Å². The highest BCUT2D eigenvalue weighted by molar-refractivity contribution is 5.98. The summed E-state index contributed by atoms with van der Waals surface area (Å²) >= 11 is 0. The van der Waals surface area contributed by atoms with Gasteiger partial charge in [0.15, 0.2) is 11.7 Å². The van der Waals surface area contributed by atoms with Gasteiger partial charge in [-0.3, -0.25) is 62.9 Å². The van der Waals surface area contributed by atoms with Crippen LogP contribution in [-0.4, -0.2) is 185 Å². The second-order valence-electron chi connectivity index (χ2n) is 21.6. The molecule has 0 aliphatic heterocycles. The molecule has 0 aromatic heterocycles. The van der Waals surface area contributed by atoms with E-state index in [9.17, 15) is 78.0 Å². The molecule has 1 aromatic carbocycles. The van der Waals surface area contributed by atoms with Crippen LogP contribution in [0.3, 0.4) is 0 Å². The second-order valence-corrected chi connectivity index (χ2v) is 21.6. The second kappa shape index (κ2) is 46.4. The van der Waals surface area contributed by atoms with Gasteiger partial charge in [-0.15, -0.1) is 0 Å². The summed E-state index contributed by atoms with van der Waals surface area (Å²) in [4.78, 5) is 157. The summed E-state index contributed by atoms with van der Waals surface area (Å²) in [6.07, 6.45) is 10.6. The quantitative estimate of drug-likeness (QED) is 0.0205. The van der Waals surface area contributed by atoms with E-state index in [4.69, 9.17) is 11.1 Å². The minimum atomic E-state index is -1.79. The van der Waals surface area contributed by atoms with E-state index in [1.54, 1.807) is 37.3 Å². The zero-order valence-electron chi connectivity index (χ0n) is 51.6. The molecule has 18 N–H and O–H groups in total. The summed E-state index contributed by atoms with van der Waals surface area (Å²) in [5.74, 6) is -10.4. The van der Waals surface area contributed by atoms with Crippen LogP contribution in [0, 0.1) is 5.41 Å². The third-order valence-corrected chi connectivity index (χ3v) is 14.0. The lowest BCUT2D eigenvalue weighted by Gasteiger charge is -2.27. The molecule has 0 bridgehead atoms. The first-order valence-corrected chi connectivity index (χ1v) is 30.6. The smallest absolute Gasteiger partial charge is 0.303 e. The van der Waals surface area contributed by atoms with Gasteiger partial charge in [0.25, 0.3) is 0 Å². The van der Waals surface area contributed by atoms with E-state index < -0.39 is 140 Å². The Hall–Kier alpha value is -7.79. The lowest BCUT2D eigenvalue weighted by atomic mass is 10.0. The maximum absolute atomic E-state index is 14.0. The predicted molar refractivity (Wildman–Crippen MR) is 325 cm³/mol. The van der Waals surface area contributed by atoms with E-state index in [1.165, 1.54) is 39.0 Å². The van der Waals surface area contributed by atoms with Gasteiger partial charge in [-0.05, 0) is 63.9 Å². The number of amides is 10. The van der Waals surface area contributed by atoms with Crippen LogP contribution in [0.15, 0.2) is 30.3 Å². The number of Topliss-reactive ketones (excluding diaryl/α,β-unsaturated/α-hetero) is 1. The molecule has 10 amide bonds. The number of carbonyl (C=O) groups is 12.